The van der Waals surface area contributed by atoms with E-state index in [1.807, 2.05) is 10.6 Å². The van der Waals surface area contributed by atoms with Crippen LogP contribution in [0.1, 0.15) is 62.6 Å². The lowest BCUT2D eigenvalue weighted by molar-refractivity contribution is 0.295. The van der Waals surface area contributed by atoms with Crippen LogP contribution in [0.25, 0.3) is 0 Å². The van der Waals surface area contributed by atoms with E-state index in [9.17, 15) is 4.79 Å². The molecule has 3 heteroatoms. The number of anilines is 1. The topological polar surface area (TPSA) is 48.0 Å². The van der Waals surface area contributed by atoms with Gasteiger partial charge >= 0.3 is 0 Å². The number of nitrogen functional groups attached to an aromatic ring is 1. The number of hydrogen-bond donors (Lipinski definition) is 1. The van der Waals surface area contributed by atoms with Gasteiger partial charge in [0.05, 0.1) is 0 Å². The van der Waals surface area contributed by atoms with E-state index in [-0.39, 0.29) is 5.56 Å². The molecule has 2 saturated carbocycles. The van der Waals surface area contributed by atoms with Crippen LogP contribution in [0.2, 0.25) is 0 Å². The van der Waals surface area contributed by atoms with Gasteiger partial charge in [-0.15, -0.1) is 0 Å². The van der Waals surface area contributed by atoms with E-state index in [1.165, 1.54) is 37.8 Å². The number of pyridine rings is 1. The molecule has 2 fully saturated rings. The Balaban J connectivity index is 2.06. The molecule has 2 aliphatic carbocycles. The average Bonchev–Trinajstić information content (AvgIpc) is 2.71. The molecule has 0 saturated heterocycles. The maximum Gasteiger partial charge on any atom is 0.253 e. The summed E-state index contributed by atoms with van der Waals surface area (Å²) in [5, 5.41) is 0. The van der Waals surface area contributed by atoms with E-state index < -0.39 is 0 Å². The predicted molar refractivity (Wildman–Crippen MR) is 69.2 cm³/mol. The first kappa shape index (κ1) is 10.9. The minimum Gasteiger partial charge on any atom is -0.399 e. The summed E-state index contributed by atoms with van der Waals surface area (Å²) in [4.78, 5) is 12.1. The SMILES string of the molecule is Nc1cc(C2CCCC2)n(C2CCC2)c(=O)c1. The van der Waals surface area contributed by atoms with Crippen molar-refractivity contribution in [2.24, 2.45) is 0 Å². The van der Waals surface area contributed by atoms with Gasteiger partial charge in [0.1, 0.15) is 0 Å². The van der Waals surface area contributed by atoms with Crippen LogP contribution < -0.4 is 11.3 Å². The van der Waals surface area contributed by atoms with Gasteiger partial charge in [-0.3, -0.25) is 4.79 Å². The number of aromatic nitrogens is 1. The molecule has 3 rings (SSSR count). The van der Waals surface area contributed by atoms with Crippen molar-refractivity contribution in [2.45, 2.75) is 56.9 Å². The van der Waals surface area contributed by atoms with Crippen LogP contribution in [0.3, 0.4) is 0 Å². The largest absolute Gasteiger partial charge is 0.399 e. The molecule has 0 aliphatic heterocycles. The van der Waals surface area contributed by atoms with Crippen molar-refractivity contribution in [2.75, 3.05) is 5.73 Å². The van der Waals surface area contributed by atoms with E-state index in [1.54, 1.807) is 6.07 Å². The van der Waals surface area contributed by atoms with Gasteiger partial charge < -0.3 is 10.3 Å². The lowest BCUT2D eigenvalue weighted by Crippen LogP contribution is -2.32. The molecule has 2 N–H and O–H groups in total. The van der Waals surface area contributed by atoms with Crippen molar-refractivity contribution in [1.29, 1.82) is 0 Å². The Labute approximate surface area is 102 Å². The third-order valence-corrected chi connectivity index (χ3v) is 4.33. The summed E-state index contributed by atoms with van der Waals surface area (Å²) in [6, 6.07) is 4.06. The summed E-state index contributed by atoms with van der Waals surface area (Å²) < 4.78 is 2.04. The maximum atomic E-state index is 12.1. The van der Waals surface area contributed by atoms with E-state index in [4.69, 9.17) is 5.73 Å². The first-order chi connectivity index (χ1) is 8.25. The highest BCUT2D eigenvalue weighted by Crippen LogP contribution is 2.38. The van der Waals surface area contributed by atoms with Crippen molar-refractivity contribution in [3.8, 4) is 0 Å². The Kier molecular flexibility index (Phi) is 2.69. The van der Waals surface area contributed by atoms with E-state index >= 15 is 0 Å². The summed E-state index contributed by atoms with van der Waals surface area (Å²) in [7, 11) is 0. The normalized spacial score (nSPS) is 21.6. The van der Waals surface area contributed by atoms with Crippen molar-refractivity contribution in [3.63, 3.8) is 0 Å². The molecule has 1 aromatic heterocycles. The molecule has 0 radical (unpaired) electrons. The van der Waals surface area contributed by atoms with Gasteiger partial charge in [0, 0.05) is 23.5 Å². The first-order valence-electron chi connectivity index (χ1n) is 6.77. The molecule has 0 spiro atoms. The Morgan fingerprint density at radius 2 is 1.76 bits per heavy atom. The van der Waals surface area contributed by atoms with E-state index in [2.05, 4.69) is 0 Å². The van der Waals surface area contributed by atoms with Gasteiger partial charge in [0.15, 0.2) is 0 Å². The summed E-state index contributed by atoms with van der Waals surface area (Å²) >= 11 is 0. The first-order valence-corrected chi connectivity index (χ1v) is 6.77. The van der Waals surface area contributed by atoms with Gasteiger partial charge in [0.25, 0.3) is 5.56 Å². The third kappa shape index (κ3) is 1.88. The quantitative estimate of drug-likeness (QED) is 0.852. The number of hydrogen-bond acceptors (Lipinski definition) is 2. The van der Waals surface area contributed by atoms with Gasteiger partial charge in [-0.25, -0.2) is 0 Å². The highest BCUT2D eigenvalue weighted by molar-refractivity contribution is 5.39. The Morgan fingerprint density at radius 1 is 1.06 bits per heavy atom. The fraction of sp³-hybridized carbons (Fsp3) is 0.643. The molecule has 1 aromatic rings. The highest BCUT2D eigenvalue weighted by Gasteiger charge is 2.27. The second-order valence-electron chi connectivity index (χ2n) is 5.49. The van der Waals surface area contributed by atoms with Gasteiger partial charge in [-0.2, -0.15) is 0 Å². The second kappa shape index (κ2) is 4.21. The van der Waals surface area contributed by atoms with E-state index in [0.29, 0.717) is 17.6 Å². The monoisotopic (exact) mass is 232 g/mol. The average molecular weight is 232 g/mol. The molecule has 0 bridgehead atoms. The van der Waals surface area contributed by atoms with Crippen LogP contribution in [-0.2, 0) is 0 Å². The minimum atomic E-state index is 0.108. The molecule has 0 aromatic carbocycles. The molecule has 3 nitrogen and oxygen atoms in total. The van der Waals surface area contributed by atoms with Crippen molar-refractivity contribution < 1.29 is 0 Å². The van der Waals surface area contributed by atoms with Crippen LogP contribution in [0.4, 0.5) is 5.69 Å². The zero-order valence-electron chi connectivity index (χ0n) is 10.2. The number of nitrogens with zero attached hydrogens (tertiary/aromatic N) is 1. The molecule has 92 valence electrons. The van der Waals surface area contributed by atoms with Gasteiger partial charge in [-0.05, 0) is 44.1 Å². The molecule has 2 aliphatic rings. The van der Waals surface area contributed by atoms with Crippen LogP contribution >= 0.6 is 0 Å². The molecule has 1 heterocycles. The Bertz CT molecular complexity index is 468. The molecule has 17 heavy (non-hydrogen) atoms. The van der Waals surface area contributed by atoms with Crippen molar-refractivity contribution in [3.05, 3.63) is 28.2 Å². The summed E-state index contributed by atoms with van der Waals surface area (Å²) in [6.07, 6.45) is 8.58. The lowest BCUT2D eigenvalue weighted by atomic mass is 9.91. The third-order valence-electron chi connectivity index (χ3n) is 4.33. The Morgan fingerprint density at radius 3 is 2.35 bits per heavy atom. The molecular formula is C14H20N2O. The highest BCUT2D eigenvalue weighted by atomic mass is 16.1. The molecular weight excluding hydrogens is 212 g/mol. The second-order valence-corrected chi connectivity index (χ2v) is 5.49. The standard InChI is InChI=1S/C14H20N2O/c15-11-8-13(10-4-1-2-5-10)16(14(17)9-11)12-6-3-7-12/h8-10,12H,1-7,15H2. The van der Waals surface area contributed by atoms with Crippen molar-refractivity contribution in [1.82, 2.24) is 4.57 Å². The number of rotatable bonds is 2. The zero-order valence-corrected chi connectivity index (χ0v) is 10.2. The van der Waals surface area contributed by atoms with Gasteiger partial charge in [0.2, 0.25) is 0 Å². The van der Waals surface area contributed by atoms with Crippen LogP contribution in [0.5, 0.6) is 0 Å². The van der Waals surface area contributed by atoms with Crippen LogP contribution in [0.15, 0.2) is 16.9 Å². The predicted octanol–water partition coefficient (Wildman–Crippen LogP) is 2.81. The molecule has 0 unspecified atom stereocenters. The molecule has 0 atom stereocenters. The Hall–Kier alpha value is -1.25. The summed E-state index contributed by atoms with van der Waals surface area (Å²) in [5.74, 6) is 0.562. The van der Waals surface area contributed by atoms with Gasteiger partial charge in [-0.1, -0.05) is 12.8 Å². The van der Waals surface area contributed by atoms with Crippen LogP contribution in [-0.4, -0.2) is 4.57 Å². The summed E-state index contributed by atoms with van der Waals surface area (Å²) in [5.41, 5.74) is 7.79. The van der Waals surface area contributed by atoms with Crippen molar-refractivity contribution >= 4 is 5.69 Å². The zero-order chi connectivity index (χ0) is 11.8. The van der Waals surface area contributed by atoms with Crippen LogP contribution in [0, 0.1) is 0 Å². The smallest absolute Gasteiger partial charge is 0.253 e. The lowest BCUT2D eigenvalue weighted by Gasteiger charge is -2.31. The van der Waals surface area contributed by atoms with E-state index in [0.717, 1.165) is 12.8 Å². The fourth-order valence-corrected chi connectivity index (χ4v) is 3.19. The fourth-order valence-electron chi connectivity index (χ4n) is 3.19. The maximum absolute atomic E-state index is 12.1. The minimum absolute atomic E-state index is 0.108. The summed E-state index contributed by atoms with van der Waals surface area (Å²) in [6.45, 7) is 0. The number of nitrogens with two attached hydrogens (primary N) is 1. The molecule has 0 amide bonds.